The predicted molar refractivity (Wildman–Crippen MR) is 80.6 cm³/mol. The summed E-state index contributed by atoms with van der Waals surface area (Å²) in [5.41, 5.74) is 3.75. The van der Waals surface area contributed by atoms with Gasteiger partial charge in [-0.1, -0.05) is 25.5 Å². The van der Waals surface area contributed by atoms with Crippen molar-refractivity contribution in [3.63, 3.8) is 0 Å². The molecule has 1 aromatic carbocycles. The fraction of sp³-hybridized carbons (Fsp3) is 0.625. The van der Waals surface area contributed by atoms with Gasteiger partial charge < -0.3 is 0 Å². The summed E-state index contributed by atoms with van der Waals surface area (Å²) in [6.07, 6.45) is 4.74. The second-order valence-corrected chi connectivity index (χ2v) is 5.91. The van der Waals surface area contributed by atoms with Crippen molar-refractivity contribution < 1.29 is 4.39 Å². The van der Waals surface area contributed by atoms with Crippen LogP contribution in [0.3, 0.4) is 0 Å². The molecule has 2 unspecified atom stereocenters. The Morgan fingerprint density at radius 3 is 2.60 bits per heavy atom. The maximum absolute atomic E-state index is 13.5. The molecular formula is C16H26FN3. The number of rotatable bonds is 5. The van der Waals surface area contributed by atoms with E-state index in [2.05, 4.69) is 24.2 Å². The molecular weight excluding hydrogens is 253 g/mol. The quantitative estimate of drug-likeness (QED) is 0.643. The maximum Gasteiger partial charge on any atom is 0.123 e. The van der Waals surface area contributed by atoms with Crippen molar-refractivity contribution in [2.75, 3.05) is 13.1 Å². The minimum absolute atomic E-state index is 0.0682. The molecule has 1 saturated heterocycles. The SMILES string of the molecule is CCC(C)(C(NN)c1cccc(F)c1)N1CCCCC1. The zero-order chi connectivity index (χ0) is 14.6. The first-order valence-corrected chi connectivity index (χ1v) is 7.58. The molecule has 0 bridgehead atoms. The first-order chi connectivity index (χ1) is 9.61. The number of nitrogens with zero attached hydrogens (tertiary/aromatic N) is 1. The lowest BCUT2D eigenvalue weighted by Gasteiger charge is -2.48. The highest BCUT2D eigenvalue weighted by atomic mass is 19.1. The van der Waals surface area contributed by atoms with Gasteiger partial charge in [-0.05, 0) is 57.0 Å². The molecule has 1 fully saturated rings. The van der Waals surface area contributed by atoms with Crippen LogP contribution in [0.4, 0.5) is 4.39 Å². The summed E-state index contributed by atoms with van der Waals surface area (Å²) in [5, 5.41) is 0. The molecule has 1 aromatic rings. The summed E-state index contributed by atoms with van der Waals surface area (Å²) in [6, 6.07) is 6.69. The Hall–Kier alpha value is -0.970. The molecule has 0 amide bonds. The van der Waals surface area contributed by atoms with Gasteiger partial charge in [-0.3, -0.25) is 16.2 Å². The van der Waals surface area contributed by atoms with Crippen LogP contribution in [0.25, 0.3) is 0 Å². The minimum atomic E-state index is -0.208. The summed E-state index contributed by atoms with van der Waals surface area (Å²) >= 11 is 0. The Morgan fingerprint density at radius 1 is 1.35 bits per heavy atom. The number of hydrogen-bond acceptors (Lipinski definition) is 3. The minimum Gasteiger partial charge on any atom is -0.296 e. The fourth-order valence-electron chi connectivity index (χ4n) is 3.34. The van der Waals surface area contributed by atoms with Crippen molar-refractivity contribution >= 4 is 0 Å². The molecule has 0 saturated carbocycles. The number of benzene rings is 1. The van der Waals surface area contributed by atoms with Crippen LogP contribution in [0.2, 0.25) is 0 Å². The molecule has 1 aliphatic rings. The van der Waals surface area contributed by atoms with Crippen molar-refractivity contribution in [3.05, 3.63) is 35.6 Å². The fourth-order valence-corrected chi connectivity index (χ4v) is 3.34. The zero-order valence-corrected chi connectivity index (χ0v) is 12.5. The van der Waals surface area contributed by atoms with Gasteiger partial charge in [-0.2, -0.15) is 0 Å². The highest BCUT2D eigenvalue weighted by Crippen LogP contribution is 2.35. The van der Waals surface area contributed by atoms with E-state index in [0.29, 0.717) is 0 Å². The lowest BCUT2D eigenvalue weighted by molar-refractivity contribution is 0.0423. The zero-order valence-electron chi connectivity index (χ0n) is 12.5. The van der Waals surface area contributed by atoms with E-state index in [1.807, 2.05) is 6.07 Å². The smallest absolute Gasteiger partial charge is 0.123 e. The second kappa shape index (κ2) is 6.66. The molecule has 0 aliphatic carbocycles. The predicted octanol–water partition coefficient (Wildman–Crippen LogP) is 2.98. The Balaban J connectivity index is 2.30. The lowest BCUT2D eigenvalue weighted by atomic mass is 9.82. The maximum atomic E-state index is 13.5. The van der Waals surface area contributed by atoms with Gasteiger partial charge in [-0.25, -0.2) is 4.39 Å². The van der Waals surface area contributed by atoms with E-state index in [9.17, 15) is 4.39 Å². The molecule has 0 spiro atoms. The molecule has 4 heteroatoms. The van der Waals surface area contributed by atoms with E-state index in [0.717, 1.165) is 25.1 Å². The topological polar surface area (TPSA) is 41.3 Å². The number of hydrazine groups is 1. The molecule has 3 nitrogen and oxygen atoms in total. The summed E-state index contributed by atoms with van der Waals surface area (Å²) in [5.74, 6) is 5.62. The van der Waals surface area contributed by atoms with Crippen LogP contribution in [0, 0.1) is 5.82 Å². The molecule has 112 valence electrons. The van der Waals surface area contributed by atoms with E-state index in [1.165, 1.54) is 25.3 Å². The average Bonchev–Trinajstić information content (AvgIpc) is 2.48. The van der Waals surface area contributed by atoms with Crippen LogP contribution in [0.15, 0.2) is 24.3 Å². The van der Waals surface area contributed by atoms with Gasteiger partial charge in [0.2, 0.25) is 0 Å². The van der Waals surface area contributed by atoms with Crippen LogP contribution in [0.1, 0.15) is 51.1 Å². The average molecular weight is 279 g/mol. The largest absolute Gasteiger partial charge is 0.296 e. The Kier molecular flexibility index (Phi) is 5.13. The van der Waals surface area contributed by atoms with Crippen LogP contribution < -0.4 is 11.3 Å². The number of hydrogen-bond donors (Lipinski definition) is 2. The Morgan fingerprint density at radius 2 is 2.05 bits per heavy atom. The molecule has 0 aromatic heterocycles. The third-order valence-electron chi connectivity index (χ3n) is 4.76. The van der Waals surface area contributed by atoms with Crippen molar-refractivity contribution in [1.82, 2.24) is 10.3 Å². The molecule has 0 radical (unpaired) electrons. The first kappa shape index (κ1) is 15.4. The third kappa shape index (κ3) is 3.03. The summed E-state index contributed by atoms with van der Waals surface area (Å²) in [7, 11) is 0. The summed E-state index contributed by atoms with van der Waals surface area (Å²) < 4.78 is 13.5. The Bertz CT molecular complexity index is 431. The van der Waals surface area contributed by atoms with Crippen molar-refractivity contribution in [1.29, 1.82) is 0 Å². The summed E-state index contributed by atoms with van der Waals surface area (Å²) in [6.45, 7) is 6.60. The normalized spacial score (nSPS) is 21.4. The molecule has 1 heterocycles. The number of nitrogens with two attached hydrogens (primary N) is 1. The highest BCUT2D eigenvalue weighted by molar-refractivity contribution is 5.24. The number of nitrogens with one attached hydrogen (secondary N) is 1. The van der Waals surface area contributed by atoms with Crippen LogP contribution in [0.5, 0.6) is 0 Å². The van der Waals surface area contributed by atoms with Gasteiger partial charge in [0.15, 0.2) is 0 Å². The molecule has 3 N–H and O–H groups in total. The van der Waals surface area contributed by atoms with Crippen LogP contribution in [-0.2, 0) is 0 Å². The number of likely N-dealkylation sites (tertiary alicyclic amines) is 1. The van der Waals surface area contributed by atoms with E-state index in [1.54, 1.807) is 12.1 Å². The highest BCUT2D eigenvalue weighted by Gasteiger charge is 2.39. The van der Waals surface area contributed by atoms with E-state index in [4.69, 9.17) is 5.84 Å². The third-order valence-corrected chi connectivity index (χ3v) is 4.76. The van der Waals surface area contributed by atoms with Gasteiger partial charge >= 0.3 is 0 Å². The molecule has 20 heavy (non-hydrogen) atoms. The Labute approximate surface area is 121 Å². The van der Waals surface area contributed by atoms with E-state index < -0.39 is 0 Å². The molecule has 1 aliphatic heterocycles. The number of halogens is 1. The van der Waals surface area contributed by atoms with Crippen LogP contribution >= 0.6 is 0 Å². The van der Waals surface area contributed by atoms with Gasteiger partial charge in [0.1, 0.15) is 5.82 Å². The van der Waals surface area contributed by atoms with Gasteiger partial charge in [-0.15, -0.1) is 0 Å². The lowest BCUT2D eigenvalue weighted by Crippen LogP contribution is -2.57. The van der Waals surface area contributed by atoms with E-state index >= 15 is 0 Å². The molecule has 2 rings (SSSR count). The molecule has 2 atom stereocenters. The van der Waals surface area contributed by atoms with Crippen LogP contribution in [-0.4, -0.2) is 23.5 Å². The first-order valence-electron chi connectivity index (χ1n) is 7.58. The van der Waals surface area contributed by atoms with Crippen molar-refractivity contribution in [2.24, 2.45) is 5.84 Å². The second-order valence-electron chi connectivity index (χ2n) is 5.91. The van der Waals surface area contributed by atoms with E-state index in [-0.39, 0.29) is 17.4 Å². The number of piperidine rings is 1. The van der Waals surface area contributed by atoms with Crippen molar-refractivity contribution in [2.45, 2.75) is 51.1 Å². The van der Waals surface area contributed by atoms with Crippen molar-refractivity contribution in [3.8, 4) is 0 Å². The standard InChI is InChI=1S/C16H26FN3/c1-3-16(2,20-10-5-4-6-11-20)15(19-18)13-8-7-9-14(17)12-13/h7-9,12,15,19H,3-6,10-11,18H2,1-2H3. The van der Waals surface area contributed by atoms with Gasteiger partial charge in [0, 0.05) is 5.54 Å². The van der Waals surface area contributed by atoms with Gasteiger partial charge in [0.05, 0.1) is 6.04 Å². The monoisotopic (exact) mass is 279 g/mol. The summed E-state index contributed by atoms with van der Waals surface area (Å²) in [4.78, 5) is 2.51. The van der Waals surface area contributed by atoms with Gasteiger partial charge in [0.25, 0.3) is 0 Å².